The zero-order valence-electron chi connectivity index (χ0n) is 11.5. The predicted molar refractivity (Wildman–Crippen MR) is 80.7 cm³/mol. The summed E-state index contributed by atoms with van der Waals surface area (Å²) in [4.78, 5) is 27.2. The van der Waals surface area contributed by atoms with E-state index in [0.717, 1.165) is 11.8 Å². The molecule has 1 aromatic heterocycles. The third-order valence-electron chi connectivity index (χ3n) is 2.96. The van der Waals surface area contributed by atoms with Crippen LogP contribution in [0.1, 0.15) is 0 Å². The molecular formula is C14H13N3O4S. The molecule has 1 aliphatic rings. The number of primary amides is 1. The van der Waals surface area contributed by atoms with Crippen molar-refractivity contribution in [3.63, 3.8) is 0 Å². The van der Waals surface area contributed by atoms with Gasteiger partial charge in [0.15, 0.2) is 16.5 Å². The van der Waals surface area contributed by atoms with E-state index in [4.69, 9.17) is 15.2 Å². The van der Waals surface area contributed by atoms with Crippen LogP contribution in [-0.2, 0) is 4.79 Å². The van der Waals surface area contributed by atoms with Gasteiger partial charge in [-0.15, -0.1) is 0 Å². The van der Waals surface area contributed by atoms with Gasteiger partial charge in [-0.2, -0.15) is 0 Å². The summed E-state index contributed by atoms with van der Waals surface area (Å²) in [7, 11) is 0. The van der Waals surface area contributed by atoms with E-state index in [1.54, 1.807) is 24.4 Å². The van der Waals surface area contributed by atoms with Crippen LogP contribution in [0.3, 0.4) is 0 Å². The summed E-state index contributed by atoms with van der Waals surface area (Å²) in [5, 5.41) is 0.219. The van der Waals surface area contributed by atoms with Gasteiger partial charge in [0.25, 0.3) is 5.56 Å². The van der Waals surface area contributed by atoms with E-state index >= 15 is 0 Å². The molecule has 0 saturated carbocycles. The minimum Gasteiger partial charge on any atom is -0.486 e. The molecule has 0 bridgehead atoms. The molecule has 0 fully saturated rings. The van der Waals surface area contributed by atoms with Crippen LogP contribution in [0, 0.1) is 0 Å². The molecule has 1 amide bonds. The van der Waals surface area contributed by atoms with Crippen LogP contribution in [0.15, 0.2) is 40.4 Å². The zero-order valence-corrected chi connectivity index (χ0v) is 12.3. The SMILES string of the molecule is NC(=O)CSc1nccn(-c2ccc3c(c2)OCCO3)c1=O. The number of carbonyl (C=O) groups excluding carboxylic acids is 1. The molecule has 0 radical (unpaired) electrons. The van der Waals surface area contributed by atoms with Gasteiger partial charge in [0.2, 0.25) is 5.91 Å². The number of hydrogen-bond acceptors (Lipinski definition) is 6. The first-order valence-corrected chi connectivity index (χ1v) is 7.52. The fourth-order valence-electron chi connectivity index (χ4n) is 2.02. The van der Waals surface area contributed by atoms with Crippen molar-refractivity contribution in [2.24, 2.45) is 5.73 Å². The predicted octanol–water partition coefficient (Wildman–Crippen LogP) is 0.581. The molecule has 7 nitrogen and oxygen atoms in total. The Bertz CT molecular complexity index is 775. The number of amides is 1. The first-order chi connectivity index (χ1) is 10.6. The van der Waals surface area contributed by atoms with E-state index in [1.807, 2.05) is 0 Å². The Hall–Kier alpha value is -2.48. The van der Waals surface area contributed by atoms with Gasteiger partial charge in [-0.05, 0) is 12.1 Å². The van der Waals surface area contributed by atoms with Crippen molar-refractivity contribution in [3.8, 4) is 17.2 Å². The van der Waals surface area contributed by atoms with Crippen LogP contribution in [0.2, 0.25) is 0 Å². The van der Waals surface area contributed by atoms with Gasteiger partial charge in [-0.25, -0.2) is 4.98 Å². The van der Waals surface area contributed by atoms with E-state index in [0.29, 0.717) is 30.4 Å². The van der Waals surface area contributed by atoms with Gasteiger partial charge in [0.1, 0.15) is 13.2 Å². The lowest BCUT2D eigenvalue weighted by atomic mass is 10.2. The van der Waals surface area contributed by atoms with Crippen molar-refractivity contribution in [2.45, 2.75) is 5.03 Å². The Morgan fingerprint density at radius 1 is 1.32 bits per heavy atom. The van der Waals surface area contributed by atoms with Crippen LogP contribution in [0.4, 0.5) is 0 Å². The second-order valence-electron chi connectivity index (χ2n) is 4.49. The minimum atomic E-state index is -0.499. The number of rotatable bonds is 4. The normalized spacial score (nSPS) is 12.9. The molecule has 3 rings (SSSR count). The smallest absolute Gasteiger partial charge is 0.287 e. The van der Waals surface area contributed by atoms with E-state index in [1.165, 1.54) is 10.8 Å². The molecular weight excluding hydrogens is 306 g/mol. The molecule has 0 spiro atoms. The third-order valence-corrected chi connectivity index (χ3v) is 3.95. The molecule has 8 heteroatoms. The molecule has 2 aromatic rings. The van der Waals surface area contributed by atoms with Gasteiger partial charge in [0.05, 0.1) is 11.4 Å². The van der Waals surface area contributed by atoms with Gasteiger partial charge < -0.3 is 15.2 Å². The number of ether oxygens (including phenoxy) is 2. The Kier molecular flexibility index (Phi) is 4.01. The summed E-state index contributed by atoms with van der Waals surface area (Å²) >= 11 is 1.02. The van der Waals surface area contributed by atoms with Crippen molar-refractivity contribution in [2.75, 3.05) is 19.0 Å². The maximum Gasteiger partial charge on any atom is 0.287 e. The number of nitrogens with two attached hydrogens (primary N) is 1. The zero-order chi connectivity index (χ0) is 15.5. The van der Waals surface area contributed by atoms with E-state index in [2.05, 4.69) is 4.98 Å². The highest BCUT2D eigenvalue weighted by Crippen LogP contribution is 2.31. The first-order valence-electron chi connectivity index (χ1n) is 6.54. The van der Waals surface area contributed by atoms with Crippen molar-refractivity contribution in [3.05, 3.63) is 40.9 Å². The second-order valence-corrected chi connectivity index (χ2v) is 5.45. The van der Waals surface area contributed by atoms with Crippen molar-refractivity contribution >= 4 is 17.7 Å². The summed E-state index contributed by atoms with van der Waals surface area (Å²) in [5.41, 5.74) is 5.41. The summed E-state index contributed by atoms with van der Waals surface area (Å²) < 4.78 is 12.4. The topological polar surface area (TPSA) is 96.4 Å². The molecule has 1 aliphatic heterocycles. The van der Waals surface area contributed by atoms with Crippen LogP contribution in [0.25, 0.3) is 5.69 Å². The molecule has 0 unspecified atom stereocenters. The third kappa shape index (κ3) is 2.91. The molecule has 2 heterocycles. The number of aromatic nitrogens is 2. The van der Waals surface area contributed by atoms with E-state index < -0.39 is 5.91 Å². The maximum atomic E-state index is 12.4. The fourth-order valence-corrected chi connectivity index (χ4v) is 2.65. The molecule has 22 heavy (non-hydrogen) atoms. The van der Waals surface area contributed by atoms with Gasteiger partial charge in [-0.1, -0.05) is 11.8 Å². The van der Waals surface area contributed by atoms with Crippen LogP contribution >= 0.6 is 11.8 Å². The number of carbonyl (C=O) groups is 1. The van der Waals surface area contributed by atoms with Gasteiger partial charge in [-0.3, -0.25) is 14.2 Å². The monoisotopic (exact) mass is 319 g/mol. The lowest BCUT2D eigenvalue weighted by Crippen LogP contribution is -2.22. The lowest BCUT2D eigenvalue weighted by molar-refractivity contribution is -0.115. The summed E-state index contributed by atoms with van der Waals surface area (Å²) in [5.74, 6) is 0.757. The van der Waals surface area contributed by atoms with Crippen LogP contribution in [-0.4, -0.2) is 34.4 Å². The molecule has 2 N–H and O–H groups in total. The number of fused-ring (bicyclic) bond motifs is 1. The minimum absolute atomic E-state index is 0.00733. The van der Waals surface area contributed by atoms with Crippen molar-refractivity contribution < 1.29 is 14.3 Å². The fraction of sp³-hybridized carbons (Fsp3) is 0.214. The first kappa shape index (κ1) is 14.5. The van der Waals surface area contributed by atoms with Crippen LogP contribution in [0.5, 0.6) is 11.5 Å². The molecule has 0 atom stereocenters. The highest BCUT2D eigenvalue weighted by atomic mass is 32.2. The Balaban J connectivity index is 1.96. The Morgan fingerprint density at radius 2 is 2.09 bits per heavy atom. The van der Waals surface area contributed by atoms with Crippen molar-refractivity contribution in [1.29, 1.82) is 0 Å². The molecule has 114 valence electrons. The molecule has 0 aliphatic carbocycles. The van der Waals surface area contributed by atoms with Gasteiger partial charge in [0, 0.05) is 18.5 Å². The highest BCUT2D eigenvalue weighted by molar-refractivity contribution is 7.99. The number of thioether (sulfide) groups is 1. The Morgan fingerprint density at radius 3 is 2.86 bits per heavy atom. The van der Waals surface area contributed by atoms with Crippen molar-refractivity contribution in [1.82, 2.24) is 9.55 Å². The van der Waals surface area contributed by atoms with Gasteiger partial charge >= 0.3 is 0 Å². The average molecular weight is 319 g/mol. The highest BCUT2D eigenvalue weighted by Gasteiger charge is 2.14. The maximum absolute atomic E-state index is 12.4. The lowest BCUT2D eigenvalue weighted by Gasteiger charge is -2.19. The van der Waals surface area contributed by atoms with Crippen LogP contribution < -0.4 is 20.8 Å². The number of hydrogen-bond donors (Lipinski definition) is 1. The summed E-state index contributed by atoms with van der Waals surface area (Å²) in [6, 6.07) is 5.25. The largest absolute Gasteiger partial charge is 0.486 e. The van der Waals surface area contributed by atoms with E-state index in [-0.39, 0.29) is 16.3 Å². The number of benzene rings is 1. The second kappa shape index (κ2) is 6.10. The molecule has 0 saturated heterocycles. The average Bonchev–Trinajstić information content (AvgIpc) is 2.53. The molecule has 1 aromatic carbocycles. The number of nitrogens with zero attached hydrogens (tertiary/aromatic N) is 2. The summed E-state index contributed by atoms with van der Waals surface area (Å²) in [6.07, 6.45) is 3.06. The Labute approximate surface area is 130 Å². The standard InChI is InChI=1S/C14H13N3O4S/c15-12(18)8-22-13-14(19)17(4-3-16-13)9-1-2-10-11(7-9)21-6-5-20-10/h1-4,7H,5-6,8H2,(H2,15,18). The van der Waals surface area contributed by atoms with E-state index in [9.17, 15) is 9.59 Å². The summed E-state index contributed by atoms with van der Waals surface area (Å²) in [6.45, 7) is 0.983. The quantitative estimate of drug-likeness (QED) is 0.828.